The van der Waals surface area contributed by atoms with Crippen molar-refractivity contribution < 1.29 is 18.0 Å². The summed E-state index contributed by atoms with van der Waals surface area (Å²) in [6, 6.07) is 6.48. The second-order valence-corrected chi connectivity index (χ2v) is 5.87. The van der Waals surface area contributed by atoms with Crippen LogP contribution in [-0.4, -0.2) is 11.0 Å². The predicted molar refractivity (Wildman–Crippen MR) is 84.5 cm³/mol. The van der Waals surface area contributed by atoms with E-state index >= 15 is 0 Å². The number of hydrogen-bond donors (Lipinski definition) is 2. The van der Waals surface area contributed by atoms with Gasteiger partial charge < -0.3 is 5.32 Å². The minimum absolute atomic E-state index is 0.0496. The number of thiophene rings is 1. The van der Waals surface area contributed by atoms with Crippen LogP contribution in [0.25, 0.3) is 0 Å². The third-order valence-corrected chi connectivity index (χ3v) is 3.82. The Labute approximate surface area is 138 Å². The van der Waals surface area contributed by atoms with Gasteiger partial charge in [-0.3, -0.25) is 10.1 Å². The maximum atomic E-state index is 12.9. The SMILES string of the molecule is O=C(NC(=S)Nc1ccc(Cl)cc1C(F)(F)F)c1cccs1. The molecule has 3 nitrogen and oxygen atoms in total. The molecular weight excluding hydrogens is 357 g/mol. The van der Waals surface area contributed by atoms with Crippen LogP contribution in [0.4, 0.5) is 18.9 Å². The Morgan fingerprint density at radius 3 is 2.59 bits per heavy atom. The number of nitrogens with one attached hydrogen (secondary N) is 2. The van der Waals surface area contributed by atoms with Crippen molar-refractivity contribution in [3.8, 4) is 0 Å². The minimum Gasteiger partial charge on any atom is -0.332 e. The monoisotopic (exact) mass is 364 g/mol. The second kappa shape index (κ2) is 6.64. The van der Waals surface area contributed by atoms with Crippen molar-refractivity contribution in [1.82, 2.24) is 5.32 Å². The van der Waals surface area contributed by atoms with Gasteiger partial charge in [-0.05, 0) is 41.9 Å². The van der Waals surface area contributed by atoms with Crippen LogP contribution in [0.3, 0.4) is 0 Å². The molecule has 0 aliphatic carbocycles. The normalized spacial score (nSPS) is 11.1. The summed E-state index contributed by atoms with van der Waals surface area (Å²) in [5, 5.41) is 6.10. The van der Waals surface area contributed by atoms with E-state index in [2.05, 4.69) is 10.6 Å². The van der Waals surface area contributed by atoms with Crippen molar-refractivity contribution in [3.05, 3.63) is 51.2 Å². The number of thiocarbonyl (C=S) groups is 1. The molecule has 1 amide bonds. The number of carbonyl (C=O) groups is 1. The fourth-order valence-corrected chi connectivity index (χ4v) is 2.58. The molecule has 0 atom stereocenters. The van der Waals surface area contributed by atoms with E-state index in [0.717, 1.165) is 12.1 Å². The number of anilines is 1. The molecule has 1 aromatic carbocycles. The average Bonchev–Trinajstić information content (AvgIpc) is 2.93. The number of hydrogen-bond acceptors (Lipinski definition) is 3. The molecule has 0 saturated heterocycles. The van der Waals surface area contributed by atoms with Gasteiger partial charge in [-0.1, -0.05) is 17.7 Å². The molecule has 2 N–H and O–H groups in total. The van der Waals surface area contributed by atoms with Crippen molar-refractivity contribution in [3.63, 3.8) is 0 Å². The first-order valence-corrected chi connectivity index (χ1v) is 7.46. The van der Waals surface area contributed by atoms with Gasteiger partial charge in [-0.2, -0.15) is 13.2 Å². The maximum absolute atomic E-state index is 12.9. The first-order chi connectivity index (χ1) is 10.3. The smallest absolute Gasteiger partial charge is 0.332 e. The molecule has 0 saturated carbocycles. The van der Waals surface area contributed by atoms with E-state index in [4.69, 9.17) is 23.8 Å². The number of amides is 1. The average molecular weight is 365 g/mol. The molecule has 0 bridgehead atoms. The van der Waals surface area contributed by atoms with E-state index in [9.17, 15) is 18.0 Å². The Bertz CT molecular complexity index is 702. The van der Waals surface area contributed by atoms with E-state index in [0.29, 0.717) is 4.88 Å². The summed E-state index contributed by atoms with van der Waals surface area (Å²) in [4.78, 5) is 12.2. The topological polar surface area (TPSA) is 41.1 Å². The lowest BCUT2D eigenvalue weighted by atomic mass is 10.1. The lowest BCUT2D eigenvalue weighted by Gasteiger charge is -2.15. The fraction of sp³-hybridized carbons (Fsp3) is 0.0769. The van der Waals surface area contributed by atoms with Gasteiger partial charge in [0.1, 0.15) is 0 Å². The fourth-order valence-electron chi connectivity index (χ4n) is 1.59. The Morgan fingerprint density at radius 1 is 1.27 bits per heavy atom. The van der Waals surface area contributed by atoms with Crippen molar-refractivity contribution in [2.45, 2.75) is 6.18 Å². The molecular formula is C13H8ClF3N2OS2. The van der Waals surface area contributed by atoms with Crippen LogP contribution in [-0.2, 0) is 6.18 Å². The summed E-state index contributed by atoms with van der Waals surface area (Å²) in [5.41, 5.74) is -1.25. The number of benzene rings is 1. The highest BCUT2D eigenvalue weighted by Crippen LogP contribution is 2.36. The molecule has 1 aromatic heterocycles. The molecule has 0 spiro atoms. The molecule has 0 unspecified atom stereocenters. The largest absolute Gasteiger partial charge is 0.418 e. The van der Waals surface area contributed by atoms with Gasteiger partial charge in [-0.15, -0.1) is 11.3 Å². The molecule has 1 heterocycles. The zero-order valence-corrected chi connectivity index (χ0v) is 13.1. The summed E-state index contributed by atoms with van der Waals surface area (Å²) < 4.78 is 38.8. The summed E-state index contributed by atoms with van der Waals surface area (Å²) >= 11 is 11.6. The standard InChI is InChI=1S/C13H8ClF3N2OS2/c14-7-3-4-9(8(6-7)13(15,16)17)18-12(21)19-11(20)10-2-1-5-22-10/h1-6H,(H2,18,19,20,21). The third-order valence-electron chi connectivity index (χ3n) is 2.51. The van der Waals surface area contributed by atoms with Crippen molar-refractivity contribution >= 4 is 51.9 Å². The van der Waals surface area contributed by atoms with E-state index in [1.807, 2.05) is 0 Å². The van der Waals surface area contributed by atoms with Crippen molar-refractivity contribution in [1.29, 1.82) is 0 Å². The molecule has 0 aliphatic rings. The highest BCUT2D eigenvalue weighted by atomic mass is 35.5. The highest BCUT2D eigenvalue weighted by molar-refractivity contribution is 7.80. The van der Waals surface area contributed by atoms with Gasteiger partial charge in [0, 0.05) is 5.02 Å². The quantitative estimate of drug-likeness (QED) is 0.768. The van der Waals surface area contributed by atoms with Crippen LogP contribution in [0, 0.1) is 0 Å². The zero-order valence-electron chi connectivity index (χ0n) is 10.7. The van der Waals surface area contributed by atoms with Gasteiger partial charge >= 0.3 is 6.18 Å². The lowest BCUT2D eigenvalue weighted by Crippen LogP contribution is -2.34. The van der Waals surface area contributed by atoms with E-state index < -0.39 is 17.6 Å². The van der Waals surface area contributed by atoms with Gasteiger partial charge in [0.2, 0.25) is 0 Å². The van der Waals surface area contributed by atoms with Crippen LogP contribution < -0.4 is 10.6 Å². The van der Waals surface area contributed by atoms with Crippen LogP contribution in [0.5, 0.6) is 0 Å². The Kier molecular flexibility index (Phi) is 5.05. The number of halogens is 4. The minimum atomic E-state index is -4.60. The summed E-state index contributed by atoms with van der Waals surface area (Å²) in [7, 11) is 0. The number of carbonyl (C=O) groups excluding carboxylic acids is 1. The van der Waals surface area contributed by atoms with Gasteiger partial charge in [-0.25, -0.2) is 0 Å². The van der Waals surface area contributed by atoms with Crippen molar-refractivity contribution in [2.75, 3.05) is 5.32 Å². The summed E-state index contributed by atoms with van der Waals surface area (Å²) in [5.74, 6) is -0.491. The molecule has 0 fully saturated rings. The van der Waals surface area contributed by atoms with E-state index in [1.54, 1.807) is 17.5 Å². The molecule has 0 aliphatic heterocycles. The van der Waals surface area contributed by atoms with Crippen LogP contribution in [0.1, 0.15) is 15.2 Å². The molecule has 116 valence electrons. The van der Waals surface area contributed by atoms with E-state index in [1.165, 1.54) is 17.4 Å². The molecule has 22 heavy (non-hydrogen) atoms. The van der Waals surface area contributed by atoms with Gasteiger partial charge in [0.15, 0.2) is 5.11 Å². The Morgan fingerprint density at radius 2 is 2.00 bits per heavy atom. The summed E-state index contributed by atoms with van der Waals surface area (Å²) in [6.07, 6.45) is -4.60. The summed E-state index contributed by atoms with van der Waals surface area (Å²) in [6.45, 7) is 0. The first-order valence-electron chi connectivity index (χ1n) is 5.80. The highest BCUT2D eigenvalue weighted by Gasteiger charge is 2.34. The van der Waals surface area contributed by atoms with Crippen LogP contribution in [0.2, 0.25) is 5.02 Å². The Balaban J connectivity index is 2.14. The predicted octanol–water partition coefficient (Wildman–Crippen LogP) is 4.55. The third kappa shape index (κ3) is 4.19. The van der Waals surface area contributed by atoms with Gasteiger partial charge in [0.05, 0.1) is 16.1 Å². The van der Waals surface area contributed by atoms with Gasteiger partial charge in [0.25, 0.3) is 5.91 Å². The molecule has 0 radical (unpaired) electrons. The van der Waals surface area contributed by atoms with E-state index in [-0.39, 0.29) is 15.8 Å². The second-order valence-electron chi connectivity index (χ2n) is 4.07. The molecule has 9 heteroatoms. The molecule has 2 rings (SSSR count). The first kappa shape index (κ1) is 16.7. The van der Waals surface area contributed by atoms with Crippen molar-refractivity contribution in [2.24, 2.45) is 0 Å². The maximum Gasteiger partial charge on any atom is 0.418 e. The van der Waals surface area contributed by atoms with Crippen LogP contribution in [0.15, 0.2) is 35.7 Å². The molecule has 2 aromatic rings. The number of rotatable bonds is 2. The zero-order chi connectivity index (χ0) is 16.3. The lowest BCUT2D eigenvalue weighted by molar-refractivity contribution is -0.136. The van der Waals surface area contributed by atoms with Crippen LogP contribution >= 0.6 is 35.2 Å². The Hall–Kier alpha value is -1.64. The number of alkyl halides is 3.